The summed E-state index contributed by atoms with van der Waals surface area (Å²) in [5.41, 5.74) is 5.63. The van der Waals surface area contributed by atoms with Crippen LogP contribution in [0, 0.1) is 26.6 Å². The largest absolute Gasteiger partial charge is 0.381 e. The van der Waals surface area contributed by atoms with Gasteiger partial charge in [0.05, 0.1) is 0 Å². The summed E-state index contributed by atoms with van der Waals surface area (Å²) >= 11 is 3.49. The van der Waals surface area contributed by atoms with Crippen molar-refractivity contribution >= 4 is 21.6 Å². The van der Waals surface area contributed by atoms with E-state index in [1.165, 1.54) is 17.2 Å². The fourth-order valence-corrected chi connectivity index (χ4v) is 2.92. The van der Waals surface area contributed by atoms with Crippen molar-refractivity contribution in [2.75, 3.05) is 5.32 Å². The number of aryl methyl sites for hydroxylation is 3. The maximum atomic E-state index is 13.1. The second-order valence-corrected chi connectivity index (χ2v) is 5.75. The number of hydrogen-bond donors (Lipinski definition) is 1. The zero-order valence-corrected chi connectivity index (χ0v) is 12.9. The smallest absolute Gasteiger partial charge is 0.123 e. The average Bonchev–Trinajstić information content (AvgIpc) is 2.30. The van der Waals surface area contributed by atoms with Crippen LogP contribution in [0.25, 0.3) is 0 Å². The number of rotatable bonds is 3. The molecule has 0 heterocycles. The molecule has 2 aromatic rings. The van der Waals surface area contributed by atoms with E-state index >= 15 is 0 Å². The molecule has 2 rings (SSSR count). The van der Waals surface area contributed by atoms with Crippen LogP contribution in [0.1, 0.15) is 22.3 Å². The molecule has 1 N–H and O–H groups in total. The Morgan fingerprint density at radius 3 is 2.21 bits per heavy atom. The van der Waals surface area contributed by atoms with Gasteiger partial charge in [-0.1, -0.05) is 22.0 Å². The van der Waals surface area contributed by atoms with E-state index in [9.17, 15) is 4.39 Å². The summed E-state index contributed by atoms with van der Waals surface area (Å²) in [5.74, 6) is -0.183. The van der Waals surface area contributed by atoms with E-state index in [-0.39, 0.29) is 5.82 Å². The van der Waals surface area contributed by atoms with Gasteiger partial charge in [0.1, 0.15) is 5.82 Å². The molecule has 0 aromatic heterocycles. The second-order valence-electron chi connectivity index (χ2n) is 4.84. The van der Waals surface area contributed by atoms with Gasteiger partial charge in [0.15, 0.2) is 0 Å². The van der Waals surface area contributed by atoms with Crippen LogP contribution in [-0.2, 0) is 6.54 Å². The van der Waals surface area contributed by atoms with Crippen molar-refractivity contribution < 1.29 is 4.39 Å². The van der Waals surface area contributed by atoms with Gasteiger partial charge < -0.3 is 5.32 Å². The molecule has 0 aliphatic heterocycles. The normalized spacial score (nSPS) is 10.6. The number of anilines is 1. The predicted molar refractivity (Wildman–Crippen MR) is 82.1 cm³/mol. The third kappa shape index (κ3) is 3.35. The van der Waals surface area contributed by atoms with Crippen molar-refractivity contribution in [3.05, 3.63) is 62.9 Å². The fraction of sp³-hybridized carbons (Fsp3) is 0.250. The Morgan fingerprint density at radius 2 is 1.63 bits per heavy atom. The van der Waals surface area contributed by atoms with Gasteiger partial charge in [-0.3, -0.25) is 0 Å². The highest BCUT2D eigenvalue weighted by molar-refractivity contribution is 9.10. The van der Waals surface area contributed by atoms with E-state index in [1.54, 1.807) is 6.07 Å². The summed E-state index contributed by atoms with van der Waals surface area (Å²) in [7, 11) is 0. The number of halogens is 2. The van der Waals surface area contributed by atoms with Crippen molar-refractivity contribution in [2.24, 2.45) is 0 Å². The number of benzene rings is 2. The minimum absolute atomic E-state index is 0.183. The van der Waals surface area contributed by atoms with E-state index in [0.29, 0.717) is 6.54 Å². The molecule has 0 atom stereocenters. The summed E-state index contributed by atoms with van der Waals surface area (Å²) < 4.78 is 14.1. The average molecular weight is 322 g/mol. The van der Waals surface area contributed by atoms with Gasteiger partial charge in [-0.25, -0.2) is 4.39 Å². The van der Waals surface area contributed by atoms with Gasteiger partial charge in [0, 0.05) is 16.7 Å². The van der Waals surface area contributed by atoms with E-state index in [4.69, 9.17) is 0 Å². The maximum absolute atomic E-state index is 13.1. The maximum Gasteiger partial charge on any atom is 0.123 e. The summed E-state index contributed by atoms with van der Waals surface area (Å²) in [6, 6.07) is 9.09. The molecule has 0 spiro atoms. The lowest BCUT2D eigenvalue weighted by Crippen LogP contribution is -2.04. The first-order chi connectivity index (χ1) is 8.97. The van der Waals surface area contributed by atoms with Gasteiger partial charge in [0.25, 0.3) is 0 Å². The van der Waals surface area contributed by atoms with Crippen LogP contribution in [-0.4, -0.2) is 0 Å². The standard InChI is InChI=1S/C16H17BrFN/c1-10-8-15(18)5-4-13(10)9-19-16-11(2)6-14(17)7-12(16)3/h4-8,19H,9H2,1-3H3. The lowest BCUT2D eigenvalue weighted by atomic mass is 10.1. The molecule has 0 unspecified atom stereocenters. The fourth-order valence-electron chi connectivity index (χ4n) is 2.23. The predicted octanol–water partition coefficient (Wildman–Crippen LogP) is 5.13. The van der Waals surface area contributed by atoms with Crippen LogP contribution in [0.15, 0.2) is 34.8 Å². The molecule has 100 valence electrons. The number of hydrogen-bond acceptors (Lipinski definition) is 1. The van der Waals surface area contributed by atoms with Gasteiger partial charge >= 0.3 is 0 Å². The van der Waals surface area contributed by atoms with E-state index < -0.39 is 0 Å². The highest BCUT2D eigenvalue weighted by atomic mass is 79.9. The molecule has 0 aliphatic carbocycles. The van der Waals surface area contributed by atoms with Crippen molar-refractivity contribution in [1.29, 1.82) is 0 Å². The Kier molecular flexibility index (Phi) is 4.25. The molecule has 0 amide bonds. The molecule has 3 heteroatoms. The highest BCUT2D eigenvalue weighted by Crippen LogP contribution is 2.25. The van der Waals surface area contributed by atoms with Gasteiger partial charge in [0.2, 0.25) is 0 Å². The lowest BCUT2D eigenvalue weighted by molar-refractivity contribution is 0.625. The van der Waals surface area contributed by atoms with Crippen molar-refractivity contribution in [1.82, 2.24) is 0 Å². The Labute approximate surface area is 122 Å². The van der Waals surface area contributed by atoms with Crippen LogP contribution in [0.2, 0.25) is 0 Å². The third-order valence-corrected chi connectivity index (χ3v) is 3.72. The third-order valence-electron chi connectivity index (χ3n) is 3.26. The number of nitrogens with one attached hydrogen (secondary N) is 1. The van der Waals surface area contributed by atoms with Gasteiger partial charge in [-0.2, -0.15) is 0 Å². The molecule has 0 fully saturated rings. The first-order valence-electron chi connectivity index (χ1n) is 6.23. The van der Waals surface area contributed by atoms with Crippen LogP contribution in [0.4, 0.5) is 10.1 Å². The minimum Gasteiger partial charge on any atom is -0.381 e. The van der Waals surface area contributed by atoms with Crippen LogP contribution in [0.3, 0.4) is 0 Å². The minimum atomic E-state index is -0.183. The quantitative estimate of drug-likeness (QED) is 0.826. The van der Waals surface area contributed by atoms with Gasteiger partial charge in [-0.15, -0.1) is 0 Å². The Bertz CT molecular complexity index is 585. The topological polar surface area (TPSA) is 12.0 Å². The Hall–Kier alpha value is -1.35. The van der Waals surface area contributed by atoms with E-state index in [0.717, 1.165) is 21.3 Å². The molecule has 0 aliphatic rings. The monoisotopic (exact) mass is 321 g/mol. The van der Waals surface area contributed by atoms with E-state index in [2.05, 4.69) is 47.2 Å². The Balaban J connectivity index is 2.19. The molecule has 2 aromatic carbocycles. The first kappa shape index (κ1) is 14.1. The van der Waals surface area contributed by atoms with Crippen molar-refractivity contribution in [2.45, 2.75) is 27.3 Å². The van der Waals surface area contributed by atoms with E-state index in [1.807, 2.05) is 13.0 Å². The van der Waals surface area contributed by atoms with Gasteiger partial charge in [-0.05, 0) is 67.3 Å². The molecule has 0 radical (unpaired) electrons. The van der Waals surface area contributed by atoms with Crippen LogP contribution < -0.4 is 5.32 Å². The molecular formula is C16H17BrFN. The molecule has 19 heavy (non-hydrogen) atoms. The molecule has 1 nitrogen and oxygen atoms in total. The zero-order valence-electron chi connectivity index (χ0n) is 11.3. The first-order valence-corrected chi connectivity index (χ1v) is 7.02. The van der Waals surface area contributed by atoms with Crippen LogP contribution in [0.5, 0.6) is 0 Å². The molecule has 0 saturated carbocycles. The second kappa shape index (κ2) is 5.74. The molecular weight excluding hydrogens is 305 g/mol. The summed E-state index contributed by atoms with van der Waals surface area (Å²) in [6.45, 7) is 6.80. The van der Waals surface area contributed by atoms with Crippen molar-refractivity contribution in [3.8, 4) is 0 Å². The highest BCUT2D eigenvalue weighted by Gasteiger charge is 2.05. The molecule has 0 bridgehead atoms. The summed E-state index contributed by atoms with van der Waals surface area (Å²) in [5, 5.41) is 3.44. The SMILES string of the molecule is Cc1cc(F)ccc1CNc1c(C)cc(Br)cc1C. The lowest BCUT2D eigenvalue weighted by Gasteiger charge is -2.14. The van der Waals surface area contributed by atoms with Crippen molar-refractivity contribution in [3.63, 3.8) is 0 Å². The Morgan fingerprint density at radius 1 is 1.00 bits per heavy atom. The summed E-state index contributed by atoms with van der Waals surface area (Å²) in [4.78, 5) is 0. The molecule has 0 saturated heterocycles. The van der Waals surface area contributed by atoms with Crippen LogP contribution >= 0.6 is 15.9 Å². The summed E-state index contributed by atoms with van der Waals surface area (Å²) in [6.07, 6.45) is 0. The zero-order chi connectivity index (χ0) is 14.0.